The minimum Gasteiger partial charge on any atom is -0.490 e. The Morgan fingerprint density at radius 2 is 2.06 bits per heavy atom. The molecule has 1 saturated heterocycles. The van der Waals surface area contributed by atoms with Crippen molar-refractivity contribution in [3.8, 4) is 5.75 Å². The van der Waals surface area contributed by atoms with Crippen molar-refractivity contribution >= 4 is 26.9 Å². The van der Waals surface area contributed by atoms with Gasteiger partial charge in [-0.2, -0.15) is 4.31 Å². The van der Waals surface area contributed by atoms with Crippen LogP contribution in [0.3, 0.4) is 0 Å². The van der Waals surface area contributed by atoms with Gasteiger partial charge in [0.15, 0.2) is 0 Å². The van der Waals surface area contributed by atoms with Crippen molar-refractivity contribution in [2.45, 2.75) is 43.7 Å². The molecule has 1 saturated carbocycles. The lowest BCUT2D eigenvalue weighted by Gasteiger charge is -2.35. The minimum atomic E-state index is -3.51. The van der Waals surface area contributed by atoms with Crippen molar-refractivity contribution < 1.29 is 22.7 Å². The molecule has 2 aliphatic rings. The van der Waals surface area contributed by atoms with Crippen LogP contribution in [0.1, 0.15) is 32.1 Å². The van der Waals surface area contributed by atoms with Gasteiger partial charge in [-0.05, 0) is 56.2 Å². The number of nitrogens with one attached hydrogen (secondary N) is 1. The molecule has 36 heavy (non-hydrogen) atoms. The third-order valence-corrected chi connectivity index (χ3v) is 9.46. The molecule has 3 aromatic rings. The van der Waals surface area contributed by atoms with Crippen molar-refractivity contribution in [3.05, 3.63) is 48.7 Å². The predicted octanol–water partition coefficient (Wildman–Crippen LogP) is 2.94. The quantitative estimate of drug-likeness (QED) is 0.473. The topological polar surface area (TPSA) is 112 Å². The van der Waals surface area contributed by atoms with Crippen molar-refractivity contribution in [2.75, 3.05) is 37.4 Å². The second kappa shape index (κ2) is 9.95. The molecule has 1 atom stereocenters. The molecule has 0 radical (unpaired) electrons. The predicted molar refractivity (Wildman–Crippen MR) is 135 cm³/mol. The molecule has 1 aliphatic carbocycles. The highest BCUT2D eigenvalue weighted by atomic mass is 32.2. The highest BCUT2D eigenvalue weighted by Gasteiger charge is 2.42. The first-order valence-electron chi connectivity index (χ1n) is 12.3. The summed E-state index contributed by atoms with van der Waals surface area (Å²) in [6.07, 6.45) is 7.10. The number of aliphatic hydroxyl groups is 1. The monoisotopic (exact) mass is 517 g/mol. The molecule has 2 aromatic heterocycles. The van der Waals surface area contributed by atoms with E-state index in [4.69, 9.17) is 4.74 Å². The summed E-state index contributed by atoms with van der Waals surface area (Å²) >= 11 is 0. The van der Waals surface area contributed by atoms with Crippen LogP contribution in [-0.4, -0.2) is 76.9 Å². The van der Waals surface area contributed by atoms with Crippen LogP contribution < -0.4 is 9.64 Å². The minimum absolute atomic E-state index is 0.0108. The summed E-state index contributed by atoms with van der Waals surface area (Å²) in [6, 6.07) is 7.95. The molecule has 0 amide bonds. The lowest BCUT2D eigenvalue weighted by atomic mass is 9.86. The molecule has 0 spiro atoms. The zero-order valence-electron chi connectivity index (χ0n) is 20.3. The van der Waals surface area contributed by atoms with Crippen LogP contribution >= 0.6 is 0 Å². The first-order chi connectivity index (χ1) is 17.2. The molecule has 5 rings (SSSR count). The number of halogens is 1. The summed E-state index contributed by atoms with van der Waals surface area (Å²) in [4.78, 5) is 14.0. The van der Waals surface area contributed by atoms with E-state index in [0.717, 1.165) is 42.5 Å². The number of rotatable bonds is 8. The summed E-state index contributed by atoms with van der Waals surface area (Å²) in [6.45, 7) is 0.157. The highest BCUT2D eigenvalue weighted by Crippen LogP contribution is 2.33. The fourth-order valence-corrected chi connectivity index (χ4v) is 7.31. The molecular weight excluding hydrogens is 485 g/mol. The van der Waals surface area contributed by atoms with Gasteiger partial charge in [-0.15, -0.1) is 0 Å². The Hall–Kier alpha value is -2.76. The third-order valence-electron chi connectivity index (χ3n) is 7.47. The number of ether oxygens (including phenoxy) is 1. The van der Waals surface area contributed by atoms with Gasteiger partial charge >= 0.3 is 0 Å². The fraction of sp³-hybridized carbons (Fsp3) is 0.520. The van der Waals surface area contributed by atoms with E-state index in [2.05, 4.69) is 19.9 Å². The van der Waals surface area contributed by atoms with Gasteiger partial charge in [0.2, 0.25) is 10.0 Å². The van der Waals surface area contributed by atoms with Crippen molar-refractivity contribution in [1.82, 2.24) is 19.3 Å². The van der Waals surface area contributed by atoms with Crippen LogP contribution in [0.25, 0.3) is 11.0 Å². The van der Waals surface area contributed by atoms with Crippen molar-refractivity contribution in [3.63, 3.8) is 0 Å². The molecular formula is C25H32FN5O4S. The molecule has 1 aliphatic heterocycles. The van der Waals surface area contributed by atoms with Gasteiger partial charge in [0, 0.05) is 38.4 Å². The summed E-state index contributed by atoms with van der Waals surface area (Å²) < 4.78 is 46.6. The van der Waals surface area contributed by atoms with Gasteiger partial charge in [0.25, 0.3) is 0 Å². The number of fused-ring (bicyclic) bond motifs is 1. The molecule has 3 heterocycles. The van der Waals surface area contributed by atoms with Crippen LogP contribution in [0, 0.1) is 11.7 Å². The van der Waals surface area contributed by atoms with E-state index in [1.807, 2.05) is 19.3 Å². The van der Waals surface area contributed by atoms with Crippen LogP contribution in [0.5, 0.6) is 5.75 Å². The summed E-state index contributed by atoms with van der Waals surface area (Å²) in [5.74, 6) is 0.931. The molecule has 2 N–H and O–H groups in total. The van der Waals surface area contributed by atoms with Crippen molar-refractivity contribution in [2.24, 2.45) is 5.92 Å². The van der Waals surface area contributed by atoms with Crippen LogP contribution in [0.4, 0.5) is 10.2 Å². The zero-order valence-corrected chi connectivity index (χ0v) is 21.1. The second-order valence-electron chi connectivity index (χ2n) is 10.1. The zero-order chi connectivity index (χ0) is 25.3. The molecule has 1 aromatic carbocycles. The normalized spacial score (nSPS) is 25.3. The van der Waals surface area contributed by atoms with E-state index in [1.165, 1.54) is 22.5 Å². The lowest BCUT2D eigenvalue weighted by Crippen LogP contribution is -2.42. The number of β-amino-alcohol motifs (C(OH)–C–C–N with tert-alkyl or cyclic N) is 1. The van der Waals surface area contributed by atoms with E-state index < -0.39 is 21.4 Å². The summed E-state index contributed by atoms with van der Waals surface area (Å²) in [7, 11) is -1.48. The molecule has 194 valence electrons. The Morgan fingerprint density at radius 3 is 2.83 bits per heavy atom. The van der Waals surface area contributed by atoms with Crippen LogP contribution in [0.2, 0.25) is 0 Å². The first kappa shape index (κ1) is 24.9. The molecule has 11 heteroatoms. The molecule has 2 fully saturated rings. The number of H-pyrrole nitrogens is 1. The number of benzene rings is 1. The summed E-state index contributed by atoms with van der Waals surface area (Å²) in [5, 5.41) is 11.9. The molecule has 1 unspecified atom stereocenters. The fourth-order valence-electron chi connectivity index (χ4n) is 5.36. The lowest BCUT2D eigenvalue weighted by molar-refractivity contribution is 0.00863. The Kier molecular flexibility index (Phi) is 6.88. The van der Waals surface area contributed by atoms with Crippen LogP contribution in [0.15, 0.2) is 42.9 Å². The Balaban J connectivity index is 1.13. The number of anilines is 1. The SMILES string of the molecule is CN(c1ncnc2[nH]ccc12)[C@H]1CC[C@H](CS(=O)(=O)N2CCC(O)(COc3cccc(F)c3)C2)CC1. The molecule has 0 bridgehead atoms. The number of hydrogen-bond donors (Lipinski definition) is 2. The average molecular weight is 518 g/mol. The van der Waals surface area contributed by atoms with Gasteiger partial charge < -0.3 is 19.7 Å². The number of hydrogen-bond acceptors (Lipinski definition) is 7. The van der Waals surface area contributed by atoms with Crippen molar-refractivity contribution in [1.29, 1.82) is 0 Å². The van der Waals surface area contributed by atoms with E-state index in [1.54, 1.807) is 12.4 Å². The van der Waals surface area contributed by atoms with Gasteiger partial charge in [0.1, 0.15) is 41.6 Å². The Labute approximate surface area is 210 Å². The van der Waals surface area contributed by atoms with E-state index in [9.17, 15) is 17.9 Å². The van der Waals surface area contributed by atoms with E-state index in [0.29, 0.717) is 5.75 Å². The van der Waals surface area contributed by atoms with E-state index in [-0.39, 0.29) is 43.8 Å². The number of aromatic amines is 1. The van der Waals surface area contributed by atoms with Gasteiger partial charge in [-0.25, -0.2) is 22.8 Å². The van der Waals surface area contributed by atoms with Crippen LogP contribution in [-0.2, 0) is 10.0 Å². The van der Waals surface area contributed by atoms with Gasteiger partial charge in [-0.1, -0.05) is 6.07 Å². The summed E-state index contributed by atoms with van der Waals surface area (Å²) in [5.41, 5.74) is -0.487. The first-order valence-corrected chi connectivity index (χ1v) is 13.9. The number of nitrogens with zero attached hydrogens (tertiary/aromatic N) is 4. The maximum atomic E-state index is 13.4. The second-order valence-corrected chi connectivity index (χ2v) is 12.1. The molecule has 9 nitrogen and oxygen atoms in total. The van der Waals surface area contributed by atoms with E-state index >= 15 is 0 Å². The van der Waals surface area contributed by atoms with Gasteiger partial charge in [-0.3, -0.25) is 0 Å². The number of sulfonamides is 1. The average Bonchev–Trinajstić information content (AvgIpc) is 3.50. The third kappa shape index (κ3) is 5.33. The Bertz CT molecular complexity index is 1310. The van der Waals surface area contributed by atoms with Gasteiger partial charge in [0.05, 0.1) is 11.1 Å². The number of aromatic nitrogens is 3. The maximum absolute atomic E-state index is 13.4. The maximum Gasteiger partial charge on any atom is 0.214 e. The highest BCUT2D eigenvalue weighted by molar-refractivity contribution is 7.89. The Morgan fingerprint density at radius 1 is 1.25 bits per heavy atom. The largest absolute Gasteiger partial charge is 0.490 e. The standard InChI is InChI=1S/C25H32FN5O4S/c1-30(24-22-9-11-27-23(22)28-17-29-24)20-7-5-18(6-8-20)14-36(33,34)31-12-10-25(32,15-31)16-35-21-4-2-3-19(26)13-21/h2-4,9,11,13,17-18,20,32H,5-8,10,12,14-16H2,1H3,(H,27,28,29)/t18-,20-,25?. The smallest absolute Gasteiger partial charge is 0.214 e.